The van der Waals surface area contributed by atoms with Crippen LogP contribution in [-0.4, -0.2) is 5.71 Å². The van der Waals surface area contributed by atoms with E-state index in [0.717, 1.165) is 94.9 Å². The van der Waals surface area contributed by atoms with Crippen LogP contribution < -0.4 is 4.90 Å². The van der Waals surface area contributed by atoms with Crippen LogP contribution in [0.15, 0.2) is 240 Å². The minimum absolute atomic E-state index is 0.800. The van der Waals surface area contributed by atoms with Crippen LogP contribution in [0.2, 0.25) is 0 Å². The van der Waals surface area contributed by atoms with E-state index in [2.05, 4.69) is 229 Å². The summed E-state index contributed by atoms with van der Waals surface area (Å²) in [4.78, 5) is 7.55. The summed E-state index contributed by atoms with van der Waals surface area (Å²) in [6.07, 6.45) is 2.05. The molecule has 0 spiro atoms. The van der Waals surface area contributed by atoms with Crippen LogP contribution in [0.25, 0.3) is 67.1 Å². The second kappa shape index (κ2) is 15.5. The summed E-state index contributed by atoms with van der Waals surface area (Å²) in [7, 11) is 0. The van der Waals surface area contributed by atoms with Crippen molar-refractivity contribution in [3.05, 3.63) is 252 Å². The predicted octanol–water partition coefficient (Wildman–Crippen LogP) is 15.6. The van der Waals surface area contributed by atoms with Gasteiger partial charge in [0, 0.05) is 50.6 Å². The molecule has 2 heterocycles. The zero-order valence-electron chi connectivity index (χ0n) is 33.2. The molecule has 1 aliphatic rings. The second-order valence-electron chi connectivity index (χ2n) is 15.3. The number of rotatable bonds is 8. The van der Waals surface area contributed by atoms with Crippen LogP contribution in [0.4, 0.5) is 17.1 Å². The van der Waals surface area contributed by atoms with Gasteiger partial charge in [-0.25, -0.2) is 4.99 Å². The SMILES string of the molecule is C1=Cc2ccccc2C(c2ccccc2)=NC=1c1ccc(-c2cccc3oc4cc(N(c5ccccc5)c5cc(-c6ccccc6)cc(-c6ccccc6)c5)ccc4c23)cc1. The summed E-state index contributed by atoms with van der Waals surface area (Å²) in [6.45, 7) is 0. The molecule has 1 aliphatic heterocycles. The molecule has 0 radical (unpaired) electrons. The average Bonchev–Trinajstić information content (AvgIpc) is 3.60. The van der Waals surface area contributed by atoms with E-state index in [9.17, 15) is 0 Å². The molecule has 0 aliphatic carbocycles. The van der Waals surface area contributed by atoms with E-state index >= 15 is 0 Å². The van der Waals surface area contributed by atoms with Gasteiger partial charge in [0.15, 0.2) is 0 Å². The highest BCUT2D eigenvalue weighted by molar-refractivity contribution is 6.17. The Bertz CT molecular complexity index is 3250. The minimum Gasteiger partial charge on any atom is -0.456 e. The first-order valence-corrected chi connectivity index (χ1v) is 20.6. The van der Waals surface area contributed by atoms with E-state index in [0.29, 0.717) is 0 Å². The van der Waals surface area contributed by atoms with E-state index in [1.807, 2.05) is 12.1 Å². The van der Waals surface area contributed by atoms with E-state index in [1.165, 1.54) is 11.1 Å². The Morgan fingerprint density at radius 1 is 0.377 bits per heavy atom. The molecule has 0 saturated heterocycles. The van der Waals surface area contributed by atoms with Crippen LogP contribution >= 0.6 is 0 Å². The fourth-order valence-corrected chi connectivity index (χ4v) is 8.51. The molecule has 286 valence electrons. The van der Waals surface area contributed by atoms with E-state index in [-0.39, 0.29) is 0 Å². The molecule has 0 saturated carbocycles. The van der Waals surface area contributed by atoms with Gasteiger partial charge in [-0.1, -0.05) is 176 Å². The topological polar surface area (TPSA) is 28.7 Å². The van der Waals surface area contributed by atoms with Crippen LogP contribution in [0, 0.1) is 0 Å². The summed E-state index contributed by atoms with van der Waals surface area (Å²) >= 11 is 0. The molecule has 0 amide bonds. The molecule has 0 fully saturated rings. The number of para-hydroxylation sites is 1. The highest BCUT2D eigenvalue weighted by Crippen LogP contribution is 2.43. The Morgan fingerprint density at radius 3 is 1.66 bits per heavy atom. The van der Waals surface area contributed by atoms with E-state index < -0.39 is 0 Å². The first-order valence-electron chi connectivity index (χ1n) is 20.6. The molecule has 3 nitrogen and oxygen atoms in total. The third kappa shape index (κ3) is 6.86. The lowest BCUT2D eigenvalue weighted by atomic mass is 9.97. The zero-order valence-corrected chi connectivity index (χ0v) is 33.2. The van der Waals surface area contributed by atoms with Crippen molar-refractivity contribution in [3.63, 3.8) is 0 Å². The maximum Gasteiger partial charge on any atom is 0.137 e. The third-order valence-corrected chi connectivity index (χ3v) is 11.5. The standard InChI is InChI=1S/C58H38N2O/c1-5-16-40(17-6-1)46-36-47(41-18-7-2-8-19-41)38-50(37-46)60(48-23-11-4-12-24-48)49-33-34-53-56(39-49)61-55-27-15-26-51(57(53)55)43-28-30-44(31-29-43)54-35-32-42-20-13-14-25-52(42)58(59-54)45-21-9-3-10-22-45/h1-34,36-39H. The first-order chi connectivity index (χ1) is 30.2. The molecule has 10 aromatic rings. The maximum atomic E-state index is 6.72. The smallest absolute Gasteiger partial charge is 0.137 e. The Morgan fingerprint density at radius 2 is 0.967 bits per heavy atom. The van der Waals surface area contributed by atoms with Gasteiger partial charge < -0.3 is 9.32 Å². The number of furan rings is 1. The summed E-state index contributed by atoms with van der Waals surface area (Å²) in [5, 5.41) is 2.16. The lowest BCUT2D eigenvalue weighted by molar-refractivity contribution is 0.669. The zero-order chi connectivity index (χ0) is 40.5. The molecule has 1 aromatic heterocycles. The van der Waals surface area contributed by atoms with Crippen LogP contribution in [0.1, 0.15) is 22.3 Å². The van der Waals surface area contributed by atoms with Crippen molar-refractivity contribution >= 4 is 56.5 Å². The number of anilines is 3. The quantitative estimate of drug-likeness (QED) is 0.144. The molecule has 0 bridgehead atoms. The van der Waals surface area contributed by atoms with E-state index in [4.69, 9.17) is 9.41 Å². The number of hydrogen-bond acceptors (Lipinski definition) is 3. The Balaban J connectivity index is 0.997. The Hall–Kier alpha value is -8.23. The van der Waals surface area contributed by atoms with Crippen molar-refractivity contribution in [3.8, 4) is 33.4 Å². The Labute approximate surface area is 355 Å². The van der Waals surface area contributed by atoms with Crippen molar-refractivity contribution < 1.29 is 4.42 Å². The number of benzene rings is 9. The summed E-state index contributed by atoms with van der Waals surface area (Å²) in [5.74, 6) is 0. The molecular weight excluding hydrogens is 741 g/mol. The lowest BCUT2D eigenvalue weighted by Gasteiger charge is -2.27. The maximum absolute atomic E-state index is 6.72. The number of nitrogens with zero attached hydrogens (tertiary/aromatic N) is 2. The highest BCUT2D eigenvalue weighted by Gasteiger charge is 2.20. The summed E-state index contributed by atoms with van der Waals surface area (Å²) in [6, 6.07) is 79.0. The molecule has 11 rings (SSSR count). The molecule has 0 N–H and O–H groups in total. The van der Waals surface area contributed by atoms with Gasteiger partial charge in [-0.2, -0.15) is 0 Å². The van der Waals surface area contributed by atoms with Crippen LogP contribution in [-0.2, 0) is 0 Å². The highest BCUT2D eigenvalue weighted by atomic mass is 16.3. The van der Waals surface area contributed by atoms with Crippen LogP contribution in [0.3, 0.4) is 0 Å². The average molecular weight is 779 g/mol. The Kier molecular flexibility index (Phi) is 9.12. The molecule has 0 unspecified atom stereocenters. The molecular formula is C58H38N2O. The summed E-state index contributed by atoms with van der Waals surface area (Å²) < 4.78 is 6.72. The molecule has 61 heavy (non-hydrogen) atoms. The van der Waals surface area contributed by atoms with Crippen molar-refractivity contribution in [2.45, 2.75) is 0 Å². The van der Waals surface area contributed by atoms with Gasteiger partial charge in [0.1, 0.15) is 16.9 Å². The summed E-state index contributed by atoms with van der Waals surface area (Å²) in [5.41, 5.74) is 21.2. The van der Waals surface area contributed by atoms with E-state index in [1.54, 1.807) is 0 Å². The van der Waals surface area contributed by atoms with Gasteiger partial charge in [0.2, 0.25) is 0 Å². The van der Waals surface area contributed by atoms with Crippen molar-refractivity contribution in [2.24, 2.45) is 4.99 Å². The van der Waals surface area contributed by atoms with Gasteiger partial charge in [0.05, 0.1) is 5.71 Å². The third-order valence-electron chi connectivity index (χ3n) is 11.5. The van der Waals surface area contributed by atoms with Gasteiger partial charge in [-0.05, 0) is 93.6 Å². The van der Waals surface area contributed by atoms with Crippen molar-refractivity contribution in [1.82, 2.24) is 0 Å². The van der Waals surface area contributed by atoms with Crippen molar-refractivity contribution in [2.75, 3.05) is 4.90 Å². The minimum atomic E-state index is 0.800. The largest absolute Gasteiger partial charge is 0.456 e. The van der Waals surface area contributed by atoms with Crippen LogP contribution in [0.5, 0.6) is 0 Å². The predicted molar refractivity (Wildman–Crippen MR) is 255 cm³/mol. The van der Waals surface area contributed by atoms with Crippen molar-refractivity contribution in [1.29, 1.82) is 0 Å². The van der Waals surface area contributed by atoms with Gasteiger partial charge in [0.25, 0.3) is 0 Å². The number of hydrogen-bond donors (Lipinski definition) is 0. The first kappa shape index (κ1) is 35.9. The monoisotopic (exact) mass is 778 g/mol. The van der Waals surface area contributed by atoms with Gasteiger partial charge >= 0.3 is 0 Å². The molecule has 9 aromatic carbocycles. The second-order valence-corrected chi connectivity index (χ2v) is 15.3. The fraction of sp³-hybridized carbons (Fsp3) is 0. The molecule has 3 heteroatoms. The number of fused-ring (bicyclic) bond motifs is 4. The number of aliphatic imine (C=N–C) groups is 1. The van der Waals surface area contributed by atoms with Gasteiger partial charge in [-0.15, -0.1) is 0 Å². The normalized spacial score (nSPS) is 12.1. The fourth-order valence-electron chi connectivity index (χ4n) is 8.51. The lowest BCUT2D eigenvalue weighted by Crippen LogP contribution is -2.10. The van der Waals surface area contributed by atoms with Gasteiger partial charge in [-0.3, -0.25) is 0 Å². The molecule has 0 atom stereocenters.